The molecule has 2 rings (SSSR count). The molecule has 1 N–H and O–H groups in total. The highest BCUT2D eigenvalue weighted by Gasteiger charge is 2.37. The van der Waals surface area contributed by atoms with Crippen LogP contribution in [0.15, 0.2) is 30.3 Å². The van der Waals surface area contributed by atoms with Gasteiger partial charge in [0.1, 0.15) is 0 Å². The fourth-order valence-electron chi connectivity index (χ4n) is 3.04. The highest BCUT2D eigenvalue weighted by Crippen LogP contribution is 2.31. The molecule has 1 fully saturated rings. The number of hydrogen-bond acceptors (Lipinski definition) is 3. The first-order valence-corrected chi connectivity index (χ1v) is 8.63. The summed E-state index contributed by atoms with van der Waals surface area (Å²) in [4.78, 5) is 0. The summed E-state index contributed by atoms with van der Waals surface area (Å²) in [6.07, 6.45) is 3.76. The zero-order valence-corrected chi connectivity index (χ0v) is 12.5. The fourth-order valence-corrected chi connectivity index (χ4v) is 5.31. The number of rotatable bonds is 5. The molecule has 106 valence electrons. The Bertz CT molecular complexity index is 492. The second kappa shape index (κ2) is 6.06. The molecular formula is C15H23NO2S. The molecular weight excluding hydrogens is 258 g/mol. The van der Waals surface area contributed by atoms with Gasteiger partial charge in [0.2, 0.25) is 0 Å². The summed E-state index contributed by atoms with van der Waals surface area (Å²) in [7, 11) is -1.23. The molecule has 0 saturated heterocycles. The summed E-state index contributed by atoms with van der Waals surface area (Å²) >= 11 is 0. The van der Waals surface area contributed by atoms with Crippen LogP contribution in [0.2, 0.25) is 0 Å². The van der Waals surface area contributed by atoms with E-state index in [0.717, 1.165) is 31.2 Å². The van der Waals surface area contributed by atoms with Crippen LogP contribution in [0.3, 0.4) is 0 Å². The van der Waals surface area contributed by atoms with Crippen molar-refractivity contribution in [3.05, 3.63) is 35.9 Å². The van der Waals surface area contributed by atoms with Crippen molar-refractivity contribution < 1.29 is 8.42 Å². The summed E-state index contributed by atoms with van der Waals surface area (Å²) < 4.78 is 25.3. The Balaban J connectivity index is 2.23. The lowest BCUT2D eigenvalue weighted by molar-refractivity contribution is 0.520. The molecule has 0 aromatic heterocycles. The third kappa shape index (κ3) is 3.00. The smallest absolute Gasteiger partial charge is 0.157 e. The molecule has 0 heterocycles. The van der Waals surface area contributed by atoms with Crippen molar-refractivity contribution in [3.8, 4) is 0 Å². The van der Waals surface area contributed by atoms with Gasteiger partial charge < -0.3 is 5.32 Å². The van der Waals surface area contributed by atoms with Crippen molar-refractivity contribution in [2.24, 2.45) is 0 Å². The molecule has 2 atom stereocenters. The van der Waals surface area contributed by atoms with E-state index in [1.54, 1.807) is 0 Å². The van der Waals surface area contributed by atoms with Crippen LogP contribution in [-0.4, -0.2) is 26.0 Å². The first-order chi connectivity index (χ1) is 9.07. The molecule has 1 aromatic carbocycles. The van der Waals surface area contributed by atoms with Gasteiger partial charge in [0.05, 0.1) is 10.5 Å². The summed E-state index contributed by atoms with van der Waals surface area (Å²) in [6.45, 7) is 1.84. The lowest BCUT2D eigenvalue weighted by Gasteiger charge is -2.26. The van der Waals surface area contributed by atoms with Crippen molar-refractivity contribution in [2.45, 2.75) is 49.1 Å². The largest absolute Gasteiger partial charge is 0.312 e. The average molecular weight is 281 g/mol. The van der Waals surface area contributed by atoms with Gasteiger partial charge in [-0.15, -0.1) is 0 Å². The van der Waals surface area contributed by atoms with Gasteiger partial charge in [-0.2, -0.15) is 0 Å². The molecule has 1 aliphatic rings. The quantitative estimate of drug-likeness (QED) is 0.902. The maximum atomic E-state index is 12.7. The van der Waals surface area contributed by atoms with Crippen LogP contribution in [0.25, 0.3) is 0 Å². The van der Waals surface area contributed by atoms with E-state index in [9.17, 15) is 8.42 Å². The number of sulfone groups is 1. The predicted molar refractivity (Wildman–Crippen MR) is 78.9 cm³/mol. The molecule has 3 nitrogen and oxygen atoms in total. The predicted octanol–water partition coefficient (Wildman–Crippen LogP) is 2.69. The Morgan fingerprint density at radius 2 is 1.74 bits per heavy atom. The second-order valence-electron chi connectivity index (χ2n) is 5.38. The van der Waals surface area contributed by atoms with Crippen LogP contribution in [0.5, 0.6) is 0 Å². The summed E-state index contributed by atoms with van der Waals surface area (Å²) in [6, 6.07) is 9.70. The molecule has 19 heavy (non-hydrogen) atoms. The maximum absolute atomic E-state index is 12.7. The van der Waals surface area contributed by atoms with Crippen molar-refractivity contribution in [2.75, 3.05) is 7.05 Å². The topological polar surface area (TPSA) is 46.2 Å². The van der Waals surface area contributed by atoms with Gasteiger partial charge in [0, 0.05) is 6.04 Å². The first-order valence-electron chi connectivity index (χ1n) is 7.02. The minimum atomic E-state index is -3.06. The van der Waals surface area contributed by atoms with E-state index >= 15 is 0 Å². The lowest BCUT2D eigenvalue weighted by atomic mass is 10.0. The average Bonchev–Trinajstić information content (AvgIpc) is 2.95. The van der Waals surface area contributed by atoms with Crippen LogP contribution in [-0.2, 0) is 9.84 Å². The Morgan fingerprint density at radius 1 is 1.16 bits per heavy atom. The Hall–Kier alpha value is -0.870. The van der Waals surface area contributed by atoms with Crippen LogP contribution in [0, 0.1) is 0 Å². The maximum Gasteiger partial charge on any atom is 0.157 e. The Morgan fingerprint density at radius 3 is 2.26 bits per heavy atom. The van der Waals surface area contributed by atoms with Crippen molar-refractivity contribution >= 4 is 9.84 Å². The van der Waals surface area contributed by atoms with E-state index in [1.165, 1.54) is 0 Å². The minimum absolute atomic E-state index is 0.133. The van der Waals surface area contributed by atoms with Gasteiger partial charge in [-0.05, 0) is 32.4 Å². The van der Waals surface area contributed by atoms with Crippen LogP contribution >= 0.6 is 0 Å². The molecule has 0 amide bonds. The fraction of sp³-hybridized carbons (Fsp3) is 0.600. The standard InChI is InChI=1S/C15H23NO2S/c1-12(19(17,18)14-10-6-7-11-14)15(16-2)13-8-4-3-5-9-13/h3-5,8-9,12,14-16H,6-7,10-11H2,1-2H3. The molecule has 0 spiro atoms. The van der Waals surface area contributed by atoms with E-state index in [4.69, 9.17) is 0 Å². The number of hydrogen-bond donors (Lipinski definition) is 1. The van der Waals surface area contributed by atoms with Crippen molar-refractivity contribution in [1.29, 1.82) is 0 Å². The third-order valence-corrected chi connectivity index (χ3v) is 6.93. The molecule has 1 aromatic rings. The minimum Gasteiger partial charge on any atom is -0.312 e. The van der Waals surface area contributed by atoms with Gasteiger partial charge in [0.15, 0.2) is 9.84 Å². The van der Waals surface area contributed by atoms with Gasteiger partial charge in [0.25, 0.3) is 0 Å². The van der Waals surface area contributed by atoms with E-state index in [1.807, 2.05) is 44.3 Å². The Labute approximate surface area is 116 Å². The highest BCUT2D eigenvalue weighted by molar-refractivity contribution is 7.92. The zero-order chi connectivity index (χ0) is 13.9. The van der Waals surface area contributed by atoms with E-state index in [-0.39, 0.29) is 16.5 Å². The molecule has 2 unspecified atom stereocenters. The second-order valence-corrected chi connectivity index (χ2v) is 7.97. The third-order valence-electron chi connectivity index (χ3n) is 4.22. The first kappa shape index (κ1) is 14.5. The van der Waals surface area contributed by atoms with Gasteiger partial charge in [-0.25, -0.2) is 8.42 Å². The number of nitrogens with one attached hydrogen (secondary N) is 1. The molecule has 4 heteroatoms. The normalized spacial score (nSPS) is 20.3. The van der Waals surface area contributed by atoms with Gasteiger partial charge in [-0.3, -0.25) is 0 Å². The lowest BCUT2D eigenvalue weighted by Crippen LogP contribution is -2.38. The van der Waals surface area contributed by atoms with Crippen LogP contribution in [0.1, 0.15) is 44.2 Å². The Kier molecular flexibility index (Phi) is 4.63. The molecule has 0 aliphatic heterocycles. The van der Waals surface area contributed by atoms with Crippen LogP contribution in [0.4, 0.5) is 0 Å². The van der Waals surface area contributed by atoms with Gasteiger partial charge >= 0.3 is 0 Å². The van der Waals surface area contributed by atoms with Crippen molar-refractivity contribution in [3.63, 3.8) is 0 Å². The van der Waals surface area contributed by atoms with E-state index in [0.29, 0.717) is 0 Å². The summed E-state index contributed by atoms with van der Waals surface area (Å²) in [5.41, 5.74) is 1.04. The summed E-state index contributed by atoms with van der Waals surface area (Å²) in [5.74, 6) is 0. The van der Waals surface area contributed by atoms with E-state index in [2.05, 4.69) is 5.32 Å². The van der Waals surface area contributed by atoms with E-state index < -0.39 is 9.84 Å². The monoisotopic (exact) mass is 281 g/mol. The van der Waals surface area contributed by atoms with Gasteiger partial charge in [-0.1, -0.05) is 43.2 Å². The molecule has 0 bridgehead atoms. The molecule has 1 aliphatic carbocycles. The summed E-state index contributed by atoms with van der Waals surface area (Å²) in [5, 5.41) is 2.65. The SMILES string of the molecule is CNC(c1ccccc1)C(C)S(=O)(=O)C1CCCC1. The van der Waals surface area contributed by atoms with Crippen LogP contribution < -0.4 is 5.32 Å². The molecule has 0 radical (unpaired) electrons. The molecule has 1 saturated carbocycles. The zero-order valence-electron chi connectivity index (χ0n) is 11.7. The van der Waals surface area contributed by atoms with Crippen molar-refractivity contribution in [1.82, 2.24) is 5.32 Å². The number of benzene rings is 1. The highest BCUT2D eigenvalue weighted by atomic mass is 32.2.